The van der Waals surface area contributed by atoms with Crippen LogP contribution in [0.1, 0.15) is 27.4 Å². The summed E-state index contributed by atoms with van der Waals surface area (Å²) in [5.41, 5.74) is 3.79. The number of carbonyl (C=O) groups excluding carboxylic acids is 1. The zero-order chi connectivity index (χ0) is 19.6. The number of halogens is 1. The number of rotatable bonds is 5. The lowest BCUT2D eigenvalue weighted by atomic mass is 10.2. The van der Waals surface area contributed by atoms with Crippen LogP contribution in [0.15, 0.2) is 42.5 Å². The molecule has 0 aliphatic rings. The van der Waals surface area contributed by atoms with E-state index < -0.39 is 0 Å². The lowest BCUT2D eigenvalue weighted by molar-refractivity contribution is 0.102. The second kappa shape index (κ2) is 7.90. The van der Waals surface area contributed by atoms with Crippen LogP contribution in [0.5, 0.6) is 0 Å². The maximum Gasteiger partial charge on any atom is 0.275 e. The van der Waals surface area contributed by atoms with Gasteiger partial charge in [0.2, 0.25) is 0 Å². The molecule has 1 N–H and O–H groups in total. The van der Waals surface area contributed by atoms with Crippen molar-refractivity contribution in [1.29, 1.82) is 0 Å². The second-order valence-electron chi connectivity index (χ2n) is 6.73. The van der Waals surface area contributed by atoms with E-state index in [1.165, 1.54) is 0 Å². The number of amides is 1. The van der Waals surface area contributed by atoms with Crippen molar-refractivity contribution in [1.82, 2.24) is 19.7 Å². The first-order chi connectivity index (χ1) is 12.8. The van der Waals surface area contributed by atoms with Gasteiger partial charge in [0.05, 0.1) is 10.7 Å². The minimum atomic E-state index is -0.356. The molecule has 0 saturated carbocycles. The average Bonchev–Trinajstić information content (AvgIpc) is 2.93. The minimum Gasteiger partial charge on any atom is -0.321 e. The molecule has 0 aliphatic heterocycles. The summed E-state index contributed by atoms with van der Waals surface area (Å²) in [6.07, 6.45) is 0. The quantitative estimate of drug-likeness (QED) is 0.726. The molecule has 7 heteroatoms. The van der Waals surface area contributed by atoms with Crippen molar-refractivity contribution in [3.63, 3.8) is 0 Å². The van der Waals surface area contributed by atoms with Crippen molar-refractivity contribution < 1.29 is 4.79 Å². The standard InChI is InChI=1S/C20H22ClN5O/c1-13-10-14(2)26(24-13)18-9-8-17(21)19(23-18)20(27)22-16-7-5-6-15(11-16)12-25(3)4/h5-11H,12H2,1-4H3,(H,22,27). The second-order valence-corrected chi connectivity index (χ2v) is 7.14. The van der Waals surface area contributed by atoms with Crippen LogP contribution in [0.3, 0.4) is 0 Å². The number of carbonyl (C=O) groups is 1. The topological polar surface area (TPSA) is 63.1 Å². The molecule has 0 saturated heterocycles. The Bertz CT molecular complexity index is 980. The van der Waals surface area contributed by atoms with Crippen molar-refractivity contribution in [2.24, 2.45) is 0 Å². The summed E-state index contributed by atoms with van der Waals surface area (Å²) in [5.74, 6) is 0.196. The summed E-state index contributed by atoms with van der Waals surface area (Å²) in [4.78, 5) is 19.2. The van der Waals surface area contributed by atoms with Crippen LogP contribution in [0.4, 0.5) is 5.69 Å². The largest absolute Gasteiger partial charge is 0.321 e. The van der Waals surface area contributed by atoms with Gasteiger partial charge in [-0.25, -0.2) is 9.67 Å². The van der Waals surface area contributed by atoms with Gasteiger partial charge in [-0.2, -0.15) is 5.10 Å². The van der Waals surface area contributed by atoms with Crippen LogP contribution in [-0.4, -0.2) is 39.7 Å². The third-order valence-corrected chi connectivity index (χ3v) is 4.26. The maximum absolute atomic E-state index is 12.7. The van der Waals surface area contributed by atoms with Crippen LogP contribution in [0, 0.1) is 13.8 Å². The zero-order valence-corrected chi connectivity index (χ0v) is 16.6. The van der Waals surface area contributed by atoms with Crippen LogP contribution in [-0.2, 0) is 6.54 Å². The zero-order valence-electron chi connectivity index (χ0n) is 15.8. The molecule has 0 aliphatic carbocycles. The Morgan fingerprint density at radius 2 is 1.96 bits per heavy atom. The molecular weight excluding hydrogens is 362 g/mol. The van der Waals surface area contributed by atoms with Gasteiger partial charge in [-0.3, -0.25) is 4.79 Å². The summed E-state index contributed by atoms with van der Waals surface area (Å²) in [5, 5.41) is 7.58. The smallest absolute Gasteiger partial charge is 0.275 e. The highest BCUT2D eigenvalue weighted by Gasteiger charge is 2.16. The van der Waals surface area contributed by atoms with E-state index >= 15 is 0 Å². The molecule has 140 valence electrons. The molecule has 0 fully saturated rings. The van der Waals surface area contributed by atoms with Gasteiger partial charge in [-0.05, 0) is 63.8 Å². The SMILES string of the molecule is Cc1cc(C)n(-c2ccc(Cl)c(C(=O)Nc3cccc(CN(C)C)c3)n2)n1. The molecule has 6 nitrogen and oxygen atoms in total. The molecule has 0 spiro atoms. The van der Waals surface area contributed by atoms with Gasteiger partial charge in [0.1, 0.15) is 5.69 Å². The van der Waals surface area contributed by atoms with Gasteiger partial charge in [-0.1, -0.05) is 23.7 Å². The highest BCUT2D eigenvalue weighted by Crippen LogP contribution is 2.20. The molecule has 3 rings (SSSR count). The van der Waals surface area contributed by atoms with E-state index in [0.717, 1.165) is 23.5 Å². The normalized spacial score (nSPS) is 11.0. The van der Waals surface area contributed by atoms with Crippen molar-refractivity contribution in [3.8, 4) is 5.82 Å². The van der Waals surface area contributed by atoms with E-state index in [2.05, 4.69) is 20.3 Å². The Morgan fingerprint density at radius 3 is 2.63 bits per heavy atom. The van der Waals surface area contributed by atoms with Gasteiger partial charge in [0, 0.05) is 17.9 Å². The summed E-state index contributed by atoms with van der Waals surface area (Å²) >= 11 is 6.23. The third-order valence-electron chi connectivity index (χ3n) is 3.96. The first-order valence-electron chi connectivity index (χ1n) is 8.58. The molecule has 0 unspecified atom stereocenters. The van der Waals surface area contributed by atoms with Crippen molar-refractivity contribution >= 4 is 23.2 Å². The molecule has 27 heavy (non-hydrogen) atoms. The van der Waals surface area contributed by atoms with Gasteiger partial charge < -0.3 is 10.2 Å². The third kappa shape index (κ3) is 4.53. The molecular formula is C20H22ClN5O. The van der Waals surface area contributed by atoms with Gasteiger partial charge >= 0.3 is 0 Å². The average molecular weight is 384 g/mol. The fraction of sp³-hybridized carbons (Fsp3) is 0.250. The number of hydrogen-bond acceptors (Lipinski definition) is 4. The number of aromatic nitrogens is 3. The van der Waals surface area contributed by atoms with Crippen molar-refractivity contribution in [2.75, 3.05) is 19.4 Å². The van der Waals surface area contributed by atoms with Gasteiger partial charge in [0.15, 0.2) is 5.82 Å². The lowest BCUT2D eigenvalue weighted by Crippen LogP contribution is -2.16. The molecule has 0 atom stereocenters. The highest BCUT2D eigenvalue weighted by atomic mass is 35.5. The Morgan fingerprint density at radius 1 is 1.19 bits per heavy atom. The first-order valence-corrected chi connectivity index (χ1v) is 8.96. The number of aryl methyl sites for hydroxylation is 2. The van der Waals surface area contributed by atoms with Gasteiger partial charge in [0.25, 0.3) is 5.91 Å². The summed E-state index contributed by atoms with van der Waals surface area (Å²) in [6.45, 7) is 4.64. The fourth-order valence-corrected chi connectivity index (χ4v) is 3.06. The van der Waals surface area contributed by atoms with E-state index in [-0.39, 0.29) is 11.6 Å². The van der Waals surface area contributed by atoms with E-state index in [0.29, 0.717) is 16.5 Å². The number of nitrogens with zero attached hydrogens (tertiary/aromatic N) is 4. The predicted molar refractivity (Wildman–Crippen MR) is 108 cm³/mol. The Balaban J connectivity index is 1.87. The highest BCUT2D eigenvalue weighted by molar-refractivity contribution is 6.34. The van der Waals surface area contributed by atoms with Gasteiger partial charge in [-0.15, -0.1) is 0 Å². The molecule has 3 aromatic rings. The summed E-state index contributed by atoms with van der Waals surface area (Å²) in [6, 6.07) is 13.1. The van der Waals surface area contributed by atoms with E-state index in [1.54, 1.807) is 16.8 Å². The van der Waals surface area contributed by atoms with Crippen LogP contribution in [0.25, 0.3) is 5.82 Å². The van der Waals surface area contributed by atoms with Crippen molar-refractivity contribution in [2.45, 2.75) is 20.4 Å². The minimum absolute atomic E-state index is 0.166. The fourth-order valence-electron chi connectivity index (χ4n) is 2.87. The molecule has 1 amide bonds. The van der Waals surface area contributed by atoms with E-state index in [4.69, 9.17) is 11.6 Å². The van der Waals surface area contributed by atoms with Crippen LogP contribution in [0.2, 0.25) is 5.02 Å². The number of benzene rings is 1. The number of nitrogens with one attached hydrogen (secondary N) is 1. The van der Waals surface area contributed by atoms with E-state index in [9.17, 15) is 4.79 Å². The number of hydrogen-bond donors (Lipinski definition) is 1. The van der Waals surface area contributed by atoms with Crippen molar-refractivity contribution in [3.05, 3.63) is 70.1 Å². The summed E-state index contributed by atoms with van der Waals surface area (Å²) in [7, 11) is 4.00. The molecule has 0 bridgehead atoms. The molecule has 2 aromatic heterocycles. The maximum atomic E-state index is 12.7. The van der Waals surface area contributed by atoms with Crippen LogP contribution >= 0.6 is 11.6 Å². The molecule has 0 radical (unpaired) electrons. The monoisotopic (exact) mass is 383 g/mol. The van der Waals surface area contributed by atoms with E-state index in [1.807, 2.05) is 58.3 Å². The Hall–Kier alpha value is -2.70. The van der Waals surface area contributed by atoms with Crippen LogP contribution < -0.4 is 5.32 Å². The Kier molecular flexibility index (Phi) is 5.58. The molecule has 2 heterocycles. The molecule has 1 aromatic carbocycles. The lowest BCUT2D eigenvalue weighted by Gasteiger charge is -2.12. The number of anilines is 1. The first kappa shape index (κ1) is 19.1. The summed E-state index contributed by atoms with van der Waals surface area (Å²) < 4.78 is 1.69. The predicted octanol–water partition coefficient (Wildman–Crippen LogP) is 3.85. The number of pyridine rings is 1. The Labute approximate surface area is 163 Å².